The number of benzene rings is 2. The van der Waals surface area contributed by atoms with E-state index in [9.17, 15) is 23.4 Å². The fourth-order valence-corrected chi connectivity index (χ4v) is 5.56. The van der Waals surface area contributed by atoms with E-state index in [-0.39, 0.29) is 13.1 Å². The Hall–Kier alpha value is -2.93. The Balaban J connectivity index is 1.26. The zero-order valence-electron chi connectivity index (χ0n) is 19.5. The molecule has 1 aliphatic heterocycles. The fraction of sp³-hybridized carbons (Fsp3) is 0.250. The summed E-state index contributed by atoms with van der Waals surface area (Å²) in [6.45, 7) is 0.196. The first-order valence-electron chi connectivity index (χ1n) is 11.6. The highest BCUT2D eigenvalue weighted by molar-refractivity contribution is 7.19. The molecule has 0 unspecified atom stereocenters. The normalized spacial score (nSPS) is 20.5. The van der Waals surface area contributed by atoms with E-state index in [2.05, 4.69) is 16.8 Å². The lowest BCUT2D eigenvalue weighted by molar-refractivity contribution is -0.303. The van der Waals surface area contributed by atoms with Crippen LogP contribution in [0.5, 0.6) is 0 Å². The van der Waals surface area contributed by atoms with E-state index >= 15 is 0 Å². The second-order valence-corrected chi connectivity index (χ2v) is 10.7. The molecule has 2 aromatic heterocycles. The van der Waals surface area contributed by atoms with Crippen LogP contribution in [0.15, 0.2) is 66.9 Å². The standard InChI is InChI=1S/C28H22ClF3N2O2S/c29-22-6-3-19(4-7-22)20-5-9-23(33-15-20)8-1-18-2-10-25-21(13-18)14-24(37-25)16-34-12-11-27(36,26(35)17-34)28(30,31)32/h2-7,9-10,13-15,26,35-36H,11-12,16-17H2/t26-,27+/m1/s1. The van der Waals surface area contributed by atoms with Gasteiger partial charge in [-0.05, 0) is 59.3 Å². The number of halogens is 4. The first-order chi connectivity index (χ1) is 17.6. The minimum atomic E-state index is -4.86. The first kappa shape index (κ1) is 25.7. The number of nitrogens with zero attached hydrogens (tertiary/aromatic N) is 2. The molecule has 3 heterocycles. The molecule has 2 aromatic carbocycles. The molecule has 9 heteroatoms. The monoisotopic (exact) mass is 542 g/mol. The molecular weight excluding hydrogens is 521 g/mol. The summed E-state index contributed by atoms with van der Waals surface area (Å²) < 4.78 is 40.4. The SMILES string of the molecule is O[C@@H]1CN(Cc2cc3cc(C#Cc4ccc(-c5ccc(Cl)cc5)cn4)ccc3s2)CC[C@@]1(O)C(F)(F)F. The van der Waals surface area contributed by atoms with Gasteiger partial charge in [0.05, 0.1) is 0 Å². The third kappa shape index (κ3) is 5.52. The van der Waals surface area contributed by atoms with Crippen molar-refractivity contribution < 1.29 is 23.4 Å². The van der Waals surface area contributed by atoms with Gasteiger partial charge in [-0.1, -0.05) is 35.7 Å². The van der Waals surface area contributed by atoms with Gasteiger partial charge in [0.25, 0.3) is 0 Å². The predicted octanol–water partition coefficient (Wildman–Crippen LogP) is 5.88. The number of aliphatic hydroxyl groups excluding tert-OH is 1. The highest BCUT2D eigenvalue weighted by Crippen LogP contribution is 2.39. The van der Waals surface area contributed by atoms with Crippen LogP contribution in [0.4, 0.5) is 13.2 Å². The number of hydrogen-bond acceptors (Lipinski definition) is 5. The van der Waals surface area contributed by atoms with Crippen LogP contribution in [-0.4, -0.2) is 51.1 Å². The molecule has 1 fully saturated rings. The molecule has 0 saturated carbocycles. The summed E-state index contributed by atoms with van der Waals surface area (Å²) >= 11 is 7.49. The topological polar surface area (TPSA) is 56.6 Å². The molecule has 4 nitrogen and oxygen atoms in total. The smallest absolute Gasteiger partial charge is 0.388 e. The summed E-state index contributed by atoms with van der Waals surface area (Å²) in [5, 5.41) is 21.5. The zero-order chi connectivity index (χ0) is 26.2. The Morgan fingerprint density at radius 1 is 1.05 bits per heavy atom. The quantitative estimate of drug-likeness (QED) is 0.318. The molecule has 1 aliphatic rings. The van der Waals surface area contributed by atoms with Crippen molar-refractivity contribution in [1.82, 2.24) is 9.88 Å². The summed E-state index contributed by atoms with van der Waals surface area (Å²) in [5.41, 5.74) is 0.404. The molecule has 37 heavy (non-hydrogen) atoms. The maximum atomic E-state index is 13.1. The van der Waals surface area contributed by atoms with E-state index < -0.39 is 24.3 Å². The van der Waals surface area contributed by atoms with Crippen molar-refractivity contribution in [2.75, 3.05) is 13.1 Å². The lowest BCUT2D eigenvalue weighted by Crippen LogP contribution is -2.62. The van der Waals surface area contributed by atoms with E-state index in [1.165, 1.54) is 0 Å². The zero-order valence-corrected chi connectivity index (χ0v) is 21.0. The van der Waals surface area contributed by atoms with E-state index in [0.717, 1.165) is 31.7 Å². The third-order valence-electron chi connectivity index (χ3n) is 6.51. The third-order valence-corrected chi connectivity index (χ3v) is 7.86. The van der Waals surface area contributed by atoms with Gasteiger partial charge >= 0.3 is 6.18 Å². The van der Waals surface area contributed by atoms with Crippen LogP contribution in [0.1, 0.15) is 22.6 Å². The van der Waals surface area contributed by atoms with Gasteiger partial charge in [-0.15, -0.1) is 11.3 Å². The van der Waals surface area contributed by atoms with Gasteiger partial charge in [0.15, 0.2) is 5.60 Å². The number of rotatable bonds is 3. The number of likely N-dealkylation sites (tertiary alicyclic amines) is 1. The van der Waals surface area contributed by atoms with Crippen molar-refractivity contribution in [1.29, 1.82) is 0 Å². The number of fused-ring (bicyclic) bond motifs is 1. The van der Waals surface area contributed by atoms with E-state index in [1.54, 1.807) is 22.4 Å². The van der Waals surface area contributed by atoms with Crippen LogP contribution in [0.3, 0.4) is 0 Å². The number of aromatic nitrogens is 1. The highest BCUT2D eigenvalue weighted by atomic mass is 35.5. The Kier molecular flexibility index (Phi) is 7.01. The molecule has 190 valence electrons. The molecule has 2 atom stereocenters. The van der Waals surface area contributed by atoms with Gasteiger partial charge in [-0.3, -0.25) is 4.90 Å². The summed E-state index contributed by atoms with van der Waals surface area (Å²) in [5.74, 6) is 6.22. The molecule has 0 amide bonds. The van der Waals surface area contributed by atoms with E-state index in [4.69, 9.17) is 11.6 Å². The summed E-state index contributed by atoms with van der Waals surface area (Å²) in [4.78, 5) is 7.13. The fourth-order valence-electron chi connectivity index (χ4n) is 4.35. The number of β-amino-alcohol motifs (C(OH)–C–C–N with tert-alkyl or cyclic N) is 1. The molecule has 0 bridgehead atoms. The summed E-state index contributed by atoms with van der Waals surface area (Å²) in [6.07, 6.45) is -5.53. The van der Waals surface area contributed by atoms with Crippen molar-refractivity contribution in [3.05, 3.63) is 88.0 Å². The number of thiophene rings is 1. The molecule has 2 N–H and O–H groups in total. The maximum Gasteiger partial charge on any atom is 0.419 e. The maximum absolute atomic E-state index is 13.1. The first-order valence-corrected chi connectivity index (χ1v) is 12.8. The highest BCUT2D eigenvalue weighted by Gasteiger charge is 2.59. The molecule has 0 spiro atoms. The molecular formula is C28H22ClF3N2O2S. The van der Waals surface area contributed by atoms with Crippen molar-refractivity contribution in [2.45, 2.75) is 30.8 Å². The van der Waals surface area contributed by atoms with E-state index in [0.29, 0.717) is 17.3 Å². The number of alkyl halides is 3. The summed E-state index contributed by atoms with van der Waals surface area (Å²) in [7, 11) is 0. The number of aliphatic hydroxyl groups is 2. The van der Waals surface area contributed by atoms with Crippen molar-refractivity contribution in [3.63, 3.8) is 0 Å². The van der Waals surface area contributed by atoms with Gasteiger partial charge in [0.1, 0.15) is 11.8 Å². The number of hydrogen-bond donors (Lipinski definition) is 2. The Bertz CT molecular complexity index is 1480. The van der Waals surface area contributed by atoms with E-state index in [1.807, 2.05) is 60.7 Å². The van der Waals surface area contributed by atoms with Gasteiger partial charge in [0.2, 0.25) is 0 Å². The Morgan fingerprint density at radius 2 is 1.81 bits per heavy atom. The van der Waals surface area contributed by atoms with Crippen LogP contribution in [-0.2, 0) is 6.54 Å². The van der Waals surface area contributed by atoms with Gasteiger partial charge in [-0.25, -0.2) is 4.98 Å². The Morgan fingerprint density at radius 3 is 2.49 bits per heavy atom. The van der Waals surface area contributed by atoms with Crippen LogP contribution < -0.4 is 0 Å². The molecule has 1 saturated heterocycles. The largest absolute Gasteiger partial charge is 0.419 e. The predicted molar refractivity (Wildman–Crippen MR) is 139 cm³/mol. The van der Waals surface area contributed by atoms with Crippen LogP contribution in [0, 0.1) is 11.8 Å². The minimum absolute atomic E-state index is 0.0435. The average Bonchev–Trinajstić information content (AvgIpc) is 3.27. The molecule has 0 aliphatic carbocycles. The van der Waals surface area contributed by atoms with Crippen molar-refractivity contribution in [2.24, 2.45) is 0 Å². The van der Waals surface area contributed by atoms with Gasteiger partial charge in [-0.2, -0.15) is 13.2 Å². The second kappa shape index (κ2) is 10.1. The second-order valence-electron chi connectivity index (χ2n) is 9.08. The average molecular weight is 543 g/mol. The lowest BCUT2D eigenvalue weighted by atomic mass is 9.88. The van der Waals surface area contributed by atoms with Crippen LogP contribution in [0.25, 0.3) is 21.2 Å². The van der Waals surface area contributed by atoms with Crippen LogP contribution in [0.2, 0.25) is 5.02 Å². The molecule has 4 aromatic rings. The van der Waals surface area contributed by atoms with Gasteiger partial charge < -0.3 is 10.2 Å². The van der Waals surface area contributed by atoms with Crippen molar-refractivity contribution in [3.8, 4) is 23.0 Å². The number of pyridine rings is 1. The van der Waals surface area contributed by atoms with Crippen LogP contribution >= 0.6 is 22.9 Å². The summed E-state index contributed by atoms with van der Waals surface area (Å²) in [6, 6.07) is 19.2. The number of piperidine rings is 1. The minimum Gasteiger partial charge on any atom is -0.388 e. The van der Waals surface area contributed by atoms with Crippen molar-refractivity contribution >= 4 is 33.0 Å². The Labute approximate surface area is 221 Å². The molecule has 0 radical (unpaired) electrons. The van der Waals surface area contributed by atoms with Gasteiger partial charge in [0, 0.05) is 58.0 Å². The lowest BCUT2D eigenvalue weighted by Gasteiger charge is -2.42. The molecule has 5 rings (SSSR count).